The van der Waals surface area contributed by atoms with E-state index in [0.717, 1.165) is 63.7 Å². The topological polar surface area (TPSA) is 109 Å². The van der Waals surface area contributed by atoms with E-state index in [1.54, 1.807) is 0 Å². The Labute approximate surface area is 229 Å². The van der Waals surface area contributed by atoms with Crippen LogP contribution in [0.15, 0.2) is 49.1 Å². The second kappa shape index (κ2) is 14.9. The summed E-state index contributed by atoms with van der Waals surface area (Å²) >= 11 is 1.91. The van der Waals surface area contributed by atoms with Gasteiger partial charge in [-0.05, 0) is 69.2 Å². The number of carbonyl (C=O) groups is 3. The van der Waals surface area contributed by atoms with Gasteiger partial charge in [-0.3, -0.25) is 9.59 Å². The predicted molar refractivity (Wildman–Crippen MR) is 151 cm³/mol. The quantitative estimate of drug-likeness (QED) is 0.181. The number of carbonyl (C=O) groups excluding carboxylic acids is 3. The summed E-state index contributed by atoms with van der Waals surface area (Å²) in [6.07, 6.45) is 16.0. The van der Waals surface area contributed by atoms with Crippen LogP contribution in [0.3, 0.4) is 0 Å². The number of rotatable bonds is 17. The van der Waals surface area contributed by atoms with Gasteiger partial charge in [0.05, 0.1) is 12.1 Å². The molecule has 4 amide bonds. The molecule has 2 aromatic rings. The summed E-state index contributed by atoms with van der Waals surface area (Å²) in [6.45, 7) is 2.22. The Hall–Kier alpha value is -2.88. The van der Waals surface area contributed by atoms with E-state index in [0.29, 0.717) is 24.8 Å². The molecule has 10 heteroatoms. The van der Waals surface area contributed by atoms with Crippen molar-refractivity contribution in [3.05, 3.63) is 49.1 Å². The van der Waals surface area contributed by atoms with E-state index in [4.69, 9.17) is 0 Å². The van der Waals surface area contributed by atoms with E-state index in [-0.39, 0.29) is 36.0 Å². The zero-order valence-electron chi connectivity index (χ0n) is 22.1. The lowest BCUT2D eigenvalue weighted by Gasteiger charge is -2.19. The molecule has 4 rings (SSSR count). The number of aryl methyl sites for hydroxylation is 1. The first-order valence-corrected chi connectivity index (χ1v) is 15.1. The highest BCUT2D eigenvalue weighted by molar-refractivity contribution is 8.00. The maximum absolute atomic E-state index is 12.9. The minimum Gasteiger partial charge on any atom is -0.356 e. The van der Waals surface area contributed by atoms with Gasteiger partial charge in [0.25, 0.3) is 0 Å². The summed E-state index contributed by atoms with van der Waals surface area (Å²) < 4.78 is 4.17. The molecule has 208 valence electrons. The maximum atomic E-state index is 12.9. The van der Waals surface area contributed by atoms with Gasteiger partial charge in [-0.15, -0.1) is 0 Å². The smallest absolute Gasteiger partial charge is 0.315 e. The third-order valence-corrected chi connectivity index (χ3v) is 8.91. The molecule has 0 spiro atoms. The highest BCUT2D eigenvalue weighted by Gasteiger charge is 2.42. The van der Waals surface area contributed by atoms with E-state index in [2.05, 4.69) is 38.2 Å². The molecule has 0 aromatic carbocycles. The number of unbranched alkanes of at least 4 members (excludes halogenated alkanes) is 3. The van der Waals surface area contributed by atoms with E-state index < -0.39 is 0 Å². The van der Waals surface area contributed by atoms with E-state index in [1.807, 2.05) is 53.0 Å². The van der Waals surface area contributed by atoms with Crippen molar-refractivity contribution in [3.63, 3.8) is 0 Å². The monoisotopic (exact) mass is 542 g/mol. The molecule has 0 saturated carbocycles. The Morgan fingerprint density at radius 3 is 2.45 bits per heavy atom. The fourth-order valence-corrected chi connectivity index (χ4v) is 6.84. The highest BCUT2D eigenvalue weighted by Crippen LogP contribution is 2.33. The van der Waals surface area contributed by atoms with Gasteiger partial charge in [0.2, 0.25) is 11.8 Å². The van der Waals surface area contributed by atoms with Gasteiger partial charge < -0.3 is 30.4 Å². The van der Waals surface area contributed by atoms with Crippen molar-refractivity contribution in [1.82, 2.24) is 30.4 Å². The molecular weight excluding hydrogens is 500 g/mol. The molecule has 9 nitrogen and oxygen atoms in total. The summed E-state index contributed by atoms with van der Waals surface area (Å²) in [5, 5.41) is 12.5. The maximum Gasteiger partial charge on any atom is 0.315 e. The SMILES string of the molecule is O=C(CCCC[C@@H]1SC[C@@H]2NC(=O)N[C@@H]21)NCCCCNC(=O)[C@H](CCCCn1cccc1)n1cccc1. The van der Waals surface area contributed by atoms with Gasteiger partial charge in [0.15, 0.2) is 0 Å². The molecule has 0 unspecified atom stereocenters. The summed E-state index contributed by atoms with van der Waals surface area (Å²) in [7, 11) is 0. The van der Waals surface area contributed by atoms with Crippen LogP contribution in [0.4, 0.5) is 4.79 Å². The molecule has 38 heavy (non-hydrogen) atoms. The van der Waals surface area contributed by atoms with Crippen LogP contribution in [0.5, 0.6) is 0 Å². The second-order valence-electron chi connectivity index (χ2n) is 10.3. The number of amides is 4. The number of hydrogen-bond acceptors (Lipinski definition) is 4. The Balaban J connectivity index is 1.02. The number of nitrogens with one attached hydrogen (secondary N) is 4. The third-order valence-electron chi connectivity index (χ3n) is 7.41. The van der Waals surface area contributed by atoms with Gasteiger partial charge >= 0.3 is 6.03 Å². The highest BCUT2D eigenvalue weighted by atomic mass is 32.2. The van der Waals surface area contributed by atoms with Crippen molar-refractivity contribution in [1.29, 1.82) is 0 Å². The average molecular weight is 543 g/mol. The molecule has 2 saturated heterocycles. The summed E-state index contributed by atoms with van der Waals surface area (Å²) in [4.78, 5) is 36.5. The fraction of sp³-hybridized carbons (Fsp3) is 0.607. The zero-order chi connectivity index (χ0) is 26.6. The predicted octanol–water partition coefficient (Wildman–Crippen LogP) is 3.44. The van der Waals surface area contributed by atoms with Crippen LogP contribution in [-0.2, 0) is 16.1 Å². The number of fused-ring (bicyclic) bond motifs is 1. The van der Waals surface area contributed by atoms with Gasteiger partial charge in [-0.2, -0.15) is 11.8 Å². The molecule has 0 aliphatic carbocycles. The number of thioether (sulfide) groups is 1. The second-order valence-corrected chi connectivity index (χ2v) is 11.6. The first kappa shape index (κ1) is 28.1. The van der Waals surface area contributed by atoms with Gasteiger partial charge in [-0.25, -0.2) is 4.79 Å². The van der Waals surface area contributed by atoms with Crippen LogP contribution in [-0.4, -0.2) is 63.2 Å². The van der Waals surface area contributed by atoms with Crippen molar-refractivity contribution < 1.29 is 14.4 Å². The summed E-state index contributed by atoms with van der Waals surface area (Å²) in [5.74, 6) is 1.12. The molecule has 2 aliphatic heterocycles. The summed E-state index contributed by atoms with van der Waals surface area (Å²) in [6, 6.07) is 8.22. The lowest BCUT2D eigenvalue weighted by molar-refractivity contribution is -0.124. The molecule has 2 aliphatic rings. The van der Waals surface area contributed by atoms with E-state index >= 15 is 0 Å². The summed E-state index contributed by atoms with van der Waals surface area (Å²) in [5.41, 5.74) is 0. The molecule has 2 aromatic heterocycles. The van der Waals surface area contributed by atoms with Gasteiger partial charge in [0.1, 0.15) is 6.04 Å². The third kappa shape index (κ3) is 8.58. The first-order chi connectivity index (χ1) is 18.6. The van der Waals surface area contributed by atoms with Gasteiger partial charge in [0, 0.05) is 61.8 Å². The number of hydrogen-bond donors (Lipinski definition) is 4. The molecule has 4 atom stereocenters. The minimum absolute atomic E-state index is 0.0516. The molecule has 0 radical (unpaired) electrons. The lowest BCUT2D eigenvalue weighted by Crippen LogP contribution is -2.36. The molecule has 2 fully saturated rings. The molecule has 4 heterocycles. The van der Waals surface area contributed by atoms with Crippen LogP contribution in [0.25, 0.3) is 0 Å². The van der Waals surface area contributed by atoms with Crippen molar-refractivity contribution in [2.45, 2.75) is 87.7 Å². The fourth-order valence-electron chi connectivity index (χ4n) is 5.29. The minimum atomic E-state index is -0.191. The van der Waals surface area contributed by atoms with E-state index in [9.17, 15) is 14.4 Å². The van der Waals surface area contributed by atoms with Crippen LogP contribution in [0.2, 0.25) is 0 Å². The van der Waals surface area contributed by atoms with Gasteiger partial charge in [-0.1, -0.05) is 6.42 Å². The van der Waals surface area contributed by atoms with Crippen molar-refractivity contribution in [2.24, 2.45) is 0 Å². The Morgan fingerprint density at radius 1 is 0.921 bits per heavy atom. The average Bonchev–Trinajstić information content (AvgIpc) is 3.71. The van der Waals surface area contributed by atoms with Crippen LogP contribution < -0.4 is 21.3 Å². The first-order valence-electron chi connectivity index (χ1n) is 14.1. The Bertz CT molecular complexity index is 996. The largest absolute Gasteiger partial charge is 0.356 e. The van der Waals surface area contributed by atoms with Crippen molar-refractivity contribution >= 4 is 29.6 Å². The molecule has 4 N–H and O–H groups in total. The Morgan fingerprint density at radius 2 is 1.66 bits per heavy atom. The number of urea groups is 1. The normalized spacial score (nSPS) is 20.9. The van der Waals surface area contributed by atoms with Crippen molar-refractivity contribution in [2.75, 3.05) is 18.8 Å². The van der Waals surface area contributed by atoms with E-state index in [1.165, 1.54) is 0 Å². The Kier molecular flexibility index (Phi) is 11.0. The van der Waals surface area contributed by atoms with Crippen molar-refractivity contribution in [3.8, 4) is 0 Å². The number of aromatic nitrogens is 2. The van der Waals surface area contributed by atoms with Crippen LogP contribution >= 0.6 is 11.8 Å². The lowest BCUT2D eigenvalue weighted by atomic mass is 10.0. The number of nitrogens with zero attached hydrogens (tertiary/aromatic N) is 2. The van der Waals surface area contributed by atoms with Crippen LogP contribution in [0, 0.1) is 0 Å². The molecular formula is C28H42N6O3S. The zero-order valence-corrected chi connectivity index (χ0v) is 23.0. The van der Waals surface area contributed by atoms with Crippen LogP contribution in [0.1, 0.15) is 63.8 Å². The standard InChI is InChI=1S/C28H42N6O3S/c35-25(13-2-1-12-24-26-22(21-38-24)31-28(37)32-26)29-14-4-5-15-30-27(36)23(34-19-9-10-20-34)11-3-6-16-33-17-7-8-18-33/h7-10,17-20,22-24,26H,1-6,11-16,21H2,(H,29,35)(H,30,36)(H2,31,32,37)/t22-,23-,24-,26-/m0/s1. The molecule has 0 bridgehead atoms.